The van der Waals surface area contributed by atoms with Crippen LogP contribution < -0.4 is 4.74 Å². The summed E-state index contributed by atoms with van der Waals surface area (Å²) in [6.45, 7) is 14.1. The van der Waals surface area contributed by atoms with E-state index in [0.29, 0.717) is 17.0 Å². The van der Waals surface area contributed by atoms with E-state index >= 15 is 0 Å². The number of ether oxygens (including phenoxy) is 1. The molecule has 1 N–H and O–H groups in total. The van der Waals surface area contributed by atoms with E-state index in [1.54, 1.807) is 24.3 Å². The lowest BCUT2D eigenvalue weighted by atomic mass is 9.79. The monoisotopic (exact) mass is 363 g/mol. The normalized spacial score (nSPS) is 12.3. The minimum absolute atomic E-state index is 0.0217. The van der Waals surface area contributed by atoms with Crippen molar-refractivity contribution in [3.05, 3.63) is 77.4 Å². The highest BCUT2D eigenvalue weighted by atomic mass is 16.5. The van der Waals surface area contributed by atoms with Gasteiger partial charge in [0, 0.05) is 11.6 Å². The van der Waals surface area contributed by atoms with Gasteiger partial charge in [-0.1, -0.05) is 57.2 Å². The zero-order valence-electron chi connectivity index (χ0n) is 16.9. The van der Waals surface area contributed by atoms with Crippen molar-refractivity contribution in [3.63, 3.8) is 0 Å². The average Bonchev–Trinajstić information content (AvgIpc) is 2.59. The number of benzene rings is 2. The van der Waals surface area contributed by atoms with E-state index in [0.717, 1.165) is 23.1 Å². The third kappa shape index (κ3) is 5.65. The number of hydrogen-bond donors (Lipinski definition) is 1. The van der Waals surface area contributed by atoms with Crippen LogP contribution in [0.2, 0.25) is 0 Å². The molecule has 0 spiro atoms. The van der Waals surface area contributed by atoms with Crippen molar-refractivity contribution in [2.45, 2.75) is 47.0 Å². The molecule has 0 radical (unpaired) electrons. The van der Waals surface area contributed by atoms with Crippen LogP contribution in [0.5, 0.6) is 5.75 Å². The summed E-state index contributed by atoms with van der Waals surface area (Å²) in [6.07, 6.45) is 2.45. The molecule has 142 valence electrons. The van der Waals surface area contributed by atoms with Gasteiger partial charge in [0.25, 0.3) is 0 Å². The molecule has 0 saturated heterocycles. The van der Waals surface area contributed by atoms with Gasteiger partial charge in [-0.3, -0.25) is 0 Å². The van der Waals surface area contributed by atoms with E-state index < -0.39 is 0 Å². The highest BCUT2D eigenvalue weighted by Gasteiger charge is 2.23. The van der Waals surface area contributed by atoms with Crippen molar-refractivity contribution in [2.75, 3.05) is 0 Å². The number of hydrogen-bond acceptors (Lipinski definition) is 3. The maximum atomic E-state index is 12.4. The van der Waals surface area contributed by atoms with Crippen LogP contribution in [0.4, 0.5) is 0 Å². The number of carbonyl (C=O) groups excluding carboxylic acids is 1. The van der Waals surface area contributed by atoms with E-state index in [1.807, 2.05) is 38.1 Å². The molecule has 0 aliphatic rings. The van der Waals surface area contributed by atoms with Gasteiger partial charge in [0.2, 0.25) is 0 Å². The van der Waals surface area contributed by atoms with Gasteiger partial charge in [0.1, 0.15) is 5.75 Å². The number of carbonyl (C=O) groups is 1. The topological polar surface area (TPSA) is 50.1 Å². The van der Waals surface area contributed by atoms with Crippen LogP contribution in [-0.4, -0.2) is 11.7 Å². The second-order valence-corrected chi connectivity index (χ2v) is 8.25. The van der Waals surface area contributed by atoms with Gasteiger partial charge in [0.15, 0.2) is 0 Å². The summed E-state index contributed by atoms with van der Waals surface area (Å²) in [7, 11) is 0. The fraction of sp³-hybridized carbons (Fsp3) is 0.333. The molecule has 0 aliphatic heterocycles. The minimum Gasteiger partial charge on any atom is -0.423 e. The lowest BCUT2D eigenvalue weighted by Gasteiger charge is -2.26. The molecule has 0 fully saturated rings. The molecule has 0 aromatic heterocycles. The smallest absolute Gasteiger partial charge is 0.343 e. The fourth-order valence-corrected chi connectivity index (χ4v) is 3.13. The van der Waals surface area contributed by atoms with Crippen molar-refractivity contribution in [3.8, 4) is 5.75 Å². The Kier molecular flexibility index (Phi) is 6.37. The molecular formula is C24H29NO2. The minimum atomic E-state index is -0.356. The summed E-state index contributed by atoms with van der Waals surface area (Å²) in [4.78, 5) is 12.4. The highest BCUT2D eigenvalue weighted by molar-refractivity contribution is 5.97. The quantitative estimate of drug-likeness (QED) is 0.375. The molecule has 27 heavy (non-hydrogen) atoms. The Balaban J connectivity index is 2.19. The molecular weight excluding hydrogens is 334 g/mol. The van der Waals surface area contributed by atoms with E-state index in [1.165, 1.54) is 0 Å². The zero-order valence-corrected chi connectivity index (χ0v) is 16.9. The number of allylic oxidation sites excluding steroid dienone is 1. The fourth-order valence-electron chi connectivity index (χ4n) is 3.13. The van der Waals surface area contributed by atoms with E-state index in [9.17, 15) is 4.79 Å². The van der Waals surface area contributed by atoms with Crippen LogP contribution in [0.3, 0.4) is 0 Å². The number of aryl methyl sites for hydroxylation is 2. The number of esters is 1. The molecule has 3 nitrogen and oxygen atoms in total. The Morgan fingerprint density at radius 3 is 2.30 bits per heavy atom. The van der Waals surface area contributed by atoms with Gasteiger partial charge >= 0.3 is 5.97 Å². The summed E-state index contributed by atoms with van der Waals surface area (Å²) in [5.41, 5.74) is 4.22. The molecule has 0 bridgehead atoms. The summed E-state index contributed by atoms with van der Waals surface area (Å²) < 4.78 is 5.53. The SMILES string of the molecule is C=CC(=N)C(CC(C)(C)C)c1ccc(OC(=O)c2ccc(C)cc2C)cc1. The molecule has 1 atom stereocenters. The van der Waals surface area contributed by atoms with Gasteiger partial charge < -0.3 is 10.1 Å². The maximum absolute atomic E-state index is 12.4. The van der Waals surface area contributed by atoms with E-state index in [2.05, 4.69) is 27.4 Å². The van der Waals surface area contributed by atoms with Gasteiger partial charge in [-0.2, -0.15) is 0 Å². The third-order valence-electron chi connectivity index (χ3n) is 4.51. The Hall–Kier alpha value is -2.68. The van der Waals surface area contributed by atoms with E-state index in [-0.39, 0.29) is 17.3 Å². The number of rotatable bonds is 6. The van der Waals surface area contributed by atoms with Crippen LogP contribution in [0.15, 0.2) is 55.1 Å². The first-order chi connectivity index (χ1) is 12.6. The average molecular weight is 364 g/mol. The third-order valence-corrected chi connectivity index (χ3v) is 4.51. The van der Waals surface area contributed by atoms with Gasteiger partial charge in [-0.25, -0.2) is 4.79 Å². The summed E-state index contributed by atoms with van der Waals surface area (Å²) in [6, 6.07) is 13.1. The first-order valence-corrected chi connectivity index (χ1v) is 9.21. The first-order valence-electron chi connectivity index (χ1n) is 9.21. The predicted molar refractivity (Wildman–Crippen MR) is 112 cm³/mol. The molecule has 2 aromatic carbocycles. The van der Waals surface area contributed by atoms with Crippen LogP contribution in [-0.2, 0) is 0 Å². The first kappa shape index (κ1) is 20.6. The Morgan fingerprint density at radius 1 is 1.15 bits per heavy atom. The highest BCUT2D eigenvalue weighted by Crippen LogP contribution is 2.33. The van der Waals surface area contributed by atoms with Crippen LogP contribution in [0, 0.1) is 24.7 Å². The van der Waals surface area contributed by atoms with Crippen molar-refractivity contribution in [2.24, 2.45) is 5.41 Å². The Labute approximate surface area is 162 Å². The number of nitrogens with one attached hydrogen (secondary N) is 1. The summed E-state index contributed by atoms with van der Waals surface area (Å²) in [5, 5.41) is 8.23. The van der Waals surface area contributed by atoms with Crippen molar-refractivity contribution in [1.82, 2.24) is 0 Å². The van der Waals surface area contributed by atoms with Gasteiger partial charge in [-0.05, 0) is 61.1 Å². The molecule has 0 saturated carbocycles. The molecule has 0 aliphatic carbocycles. The van der Waals surface area contributed by atoms with Crippen molar-refractivity contribution >= 4 is 11.7 Å². The van der Waals surface area contributed by atoms with Crippen molar-refractivity contribution in [1.29, 1.82) is 5.41 Å². The van der Waals surface area contributed by atoms with Crippen molar-refractivity contribution < 1.29 is 9.53 Å². The maximum Gasteiger partial charge on any atom is 0.343 e. The van der Waals surface area contributed by atoms with Crippen LogP contribution in [0.25, 0.3) is 0 Å². The Bertz CT molecular complexity index is 842. The van der Waals surface area contributed by atoms with E-state index in [4.69, 9.17) is 10.1 Å². The zero-order chi connectivity index (χ0) is 20.2. The lowest BCUT2D eigenvalue weighted by Crippen LogP contribution is -2.18. The van der Waals surface area contributed by atoms with Gasteiger partial charge in [-0.15, -0.1) is 0 Å². The molecule has 0 heterocycles. The van der Waals surface area contributed by atoms with Crippen LogP contribution in [0.1, 0.15) is 60.2 Å². The molecule has 3 heteroatoms. The van der Waals surface area contributed by atoms with Crippen LogP contribution >= 0.6 is 0 Å². The standard InChI is InChI=1S/C24H29NO2/c1-7-22(25)21(15-24(4,5)6)18-9-11-19(12-10-18)27-23(26)20-13-8-16(2)14-17(20)3/h7-14,21,25H,1,15H2,2-6H3. The largest absolute Gasteiger partial charge is 0.423 e. The predicted octanol–water partition coefficient (Wildman–Crippen LogP) is 6.25. The second kappa shape index (κ2) is 8.34. The molecule has 0 amide bonds. The summed E-state index contributed by atoms with van der Waals surface area (Å²) >= 11 is 0. The lowest BCUT2D eigenvalue weighted by molar-refractivity contribution is 0.0734. The second-order valence-electron chi connectivity index (χ2n) is 8.25. The molecule has 1 unspecified atom stereocenters. The summed E-state index contributed by atoms with van der Waals surface area (Å²) in [5.74, 6) is 0.125. The molecule has 2 rings (SSSR count). The van der Waals surface area contributed by atoms with Gasteiger partial charge in [0.05, 0.1) is 5.56 Å². The molecule has 2 aromatic rings. The Morgan fingerprint density at radius 2 is 1.78 bits per heavy atom.